The Kier molecular flexibility index (Phi) is 6.19. The van der Waals surface area contributed by atoms with E-state index in [1.807, 2.05) is 6.07 Å². The average Bonchev–Trinajstić information content (AvgIpc) is 2.52. The SMILES string of the molecule is CCCCCNc1nccc(Nc2ccc(C(C)C)cc2)n1. The van der Waals surface area contributed by atoms with E-state index in [0.717, 1.165) is 24.5 Å². The predicted octanol–water partition coefficient (Wildman–Crippen LogP) is 4.95. The highest BCUT2D eigenvalue weighted by Crippen LogP contribution is 2.19. The van der Waals surface area contributed by atoms with Crippen molar-refractivity contribution >= 4 is 17.5 Å². The van der Waals surface area contributed by atoms with Crippen molar-refractivity contribution in [2.45, 2.75) is 46.0 Å². The van der Waals surface area contributed by atoms with Gasteiger partial charge in [0.1, 0.15) is 5.82 Å². The first-order valence-electron chi connectivity index (χ1n) is 8.13. The Morgan fingerprint density at radius 1 is 1.05 bits per heavy atom. The lowest BCUT2D eigenvalue weighted by molar-refractivity contribution is 0.740. The molecule has 0 radical (unpaired) electrons. The van der Waals surface area contributed by atoms with E-state index in [0.29, 0.717) is 11.9 Å². The van der Waals surface area contributed by atoms with Crippen LogP contribution in [0, 0.1) is 0 Å². The molecule has 0 aliphatic carbocycles. The van der Waals surface area contributed by atoms with Crippen molar-refractivity contribution in [1.29, 1.82) is 0 Å². The maximum Gasteiger partial charge on any atom is 0.224 e. The van der Waals surface area contributed by atoms with Gasteiger partial charge in [0.25, 0.3) is 0 Å². The van der Waals surface area contributed by atoms with E-state index in [9.17, 15) is 0 Å². The number of nitrogens with zero attached hydrogens (tertiary/aromatic N) is 2. The van der Waals surface area contributed by atoms with Crippen LogP contribution >= 0.6 is 0 Å². The number of benzene rings is 1. The van der Waals surface area contributed by atoms with Gasteiger partial charge in [-0.15, -0.1) is 0 Å². The van der Waals surface area contributed by atoms with Gasteiger partial charge in [0.15, 0.2) is 0 Å². The predicted molar refractivity (Wildman–Crippen MR) is 93.9 cm³/mol. The molecule has 0 aliphatic rings. The van der Waals surface area contributed by atoms with Crippen LogP contribution in [0.4, 0.5) is 17.5 Å². The second-order valence-corrected chi connectivity index (χ2v) is 5.80. The summed E-state index contributed by atoms with van der Waals surface area (Å²) in [7, 11) is 0. The average molecular weight is 298 g/mol. The van der Waals surface area contributed by atoms with Crippen LogP contribution in [-0.4, -0.2) is 16.5 Å². The molecular weight excluding hydrogens is 272 g/mol. The molecule has 0 bridgehead atoms. The summed E-state index contributed by atoms with van der Waals surface area (Å²) in [6.45, 7) is 7.51. The number of anilines is 3. The third-order valence-electron chi connectivity index (χ3n) is 3.57. The molecule has 0 amide bonds. The standard InChI is InChI=1S/C18H26N4/c1-4-5-6-12-19-18-20-13-11-17(22-18)21-16-9-7-15(8-10-16)14(2)3/h7-11,13-14H,4-6,12H2,1-3H3,(H2,19,20,21,22). The molecule has 0 saturated carbocycles. The Labute approximate surface area is 133 Å². The number of aromatic nitrogens is 2. The second kappa shape index (κ2) is 8.37. The summed E-state index contributed by atoms with van der Waals surface area (Å²) in [5.41, 5.74) is 2.38. The van der Waals surface area contributed by atoms with E-state index in [4.69, 9.17) is 0 Å². The highest BCUT2D eigenvalue weighted by atomic mass is 15.1. The van der Waals surface area contributed by atoms with E-state index in [2.05, 4.69) is 65.6 Å². The normalized spacial score (nSPS) is 10.7. The maximum atomic E-state index is 4.49. The fraction of sp³-hybridized carbons (Fsp3) is 0.444. The molecule has 1 heterocycles. The van der Waals surface area contributed by atoms with Gasteiger partial charge in [-0.25, -0.2) is 4.98 Å². The van der Waals surface area contributed by atoms with E-state index >= 15 is 0 Å². The van der Waals surface area contributed by atoms with Gasteiger partial charge in [-0.3, -0.25) is 0 Å². The summed E-state index contributed by atoms with van der Waals surface area (Å²) in [6.07, 6.45) is 5.37. The zero-order chi connectivity index (χ0) is 15.8. The molecule has 0 spiro atoms. The van der Waals surface area contributed by atoms with Crippen LogP contribution < -0.4 is 10.6 Å². The number of hydrogen-bond donors (Lipinski definition) is 2. The molecule has 4 nitrogen and oxygen atoms in total. The summed E-state index contributed by atoms with van der Waals surface area (Å²) in [5, 5.41) is 6.59. The molecule has 2 N–H and O–H groups in total. The highest BCUT2D eigenvalue weighted by Gasteiger charge is 2.01. The topological polar surface area (TPSA) is 49.8 Å². The first kappa shape index (κ1) is 16.3. The van der Waals surface area contributed by atoms with Gasteiger partial charge in [-0.05, 0) is 36.1 Å². The molecule has 0 aliphatic heterocycles. The Balaban J connectivity index is 1.94. The first-order chi connectivity index (χ1) is 10.7. The molecule has 2 aromatic rings. The molecule has 0 unspecified atom stereocenters. The Morgan fingerprint density at radius 3 is 2.50 bits per heavy atom. The molecule has 4 heteroatoms. The first-order valence-corrected chi connectivity index (χ1v) is 8.13. The number of hydrogen-bond acceptors (Lipinski definition) is 4. The highest BCUT2D eigenvalue weighted by molar-refractivity contribution is 5.57. The van der Waals surface area contributed by atoms with Crippen LogP contribution in [0.2, 0.25) is 0 Å². The third-order valence-corrected chi connectivity index (χ3v) is 3.57. The fourth-order valence-corrected chi connectivity index (χ4v) is 2.19. The molecule has 0 saturated heterocycles. The molecule has 22 heavy (non-hydrogen) atoms. The maximum absolute atomic E-state index is 4.49. The number of nitrogens with one attached hydrogen (secondary N) is 2. The summed E-state index contributed by atoms with van der Waals surface area (Å²) < 4.78 is 0. The Hall–Kier alpha value is -2.10. The van der Waals surface area contributed by atoms with E-state index < -0.39 is 0 Å². The summed E-state index contributed by atoms with van der Waals surface area (Å²) in [5.74, 6) is 2.04. The van der Waals surface area contributed by atoms with Gasteiger partial charge in [-0.2, -0.15) is 4.98 Å². The van der Waals surface area contributed by atoms with Gasteiger partial charge in [0.2, 0.25) is 5.95 Å². The smallest absolute Gasteiger partial charge is 0.224 e. The van der Waals surface area contributed by atoms with Crippen molar-refractivity contribution in [2.24, 2.45) is 0 Å². The number of unbranched alkanes of at least 4 members (excludes halogenated alkanes) is 2. The van der Waals surface area contributed by atoms with E-state index in [1.165, 1.54) is 18.4 Å². The summed E-state index contributed by atoms with van der Waals surface area (Å²) in [6, 6.07) is 10.4. The minimum Gasteiger partial charge on any atom is -0.354 e. The van der Waals surface area contributed by atoms with Crippen molar-refractivity contribution in [3.63, 3.8) is 0 Å². The van der Waals surface area contributed by atoms with Crippen LogP contribution in [0.1, 0.15) is 51.5 Å². The quantitative estimate of drug-likeness (QED) is 0.677. The van der Waals surface area contributed by atoms with Crippen LogP contribution in [0.15, 0.2) is 36.5 Å². The molecule has 118 valence electrons. The van der Waals surface area contributed by atoms with Gasteiger partial charge in [-0.1, -0.05) is 45.7 Å². The van der Waals surface area contributed by atoms with Crippen molar-refractivity contribution in [2.75, 3.05) is 17.2 Å². The Morgan fingerprint density at radius 2 is 1.82 bits per heavy atom. The molecule has 0 fully saturated rings. The monoisotopic (exact) mass is 298 g/mol. The second-order valence-electron chi connectivity index (χ2n) is 5.80. The lowest BCUT2D eigenvalue weighted by Gasteiger charge is -2.10. The molecular formula is C18H26N4. The van der Waals surface area contributed by atoms with Crippen molar-refractivity contribution in [3.8, 4) is 0 Å². The summed E-state index contributed by atoms with van der Waals surface area (Å²) in [4.78, 5) is 8.74. The van der Waals surface area contributed by atoms with Gasteiger partial charge >= 0.3 is 0 Å². The largest absolute Gasteiger partial charge is 0.354 e. The third kappa shape index (κ3) is 5.02. The van der Waals surface area contributed by atoms with E-state index in [-0.39, 0.29) is 0 Å². The minimum atomic E-state index is 0.548. The van der Waals surface area contributed by atoms with Crippen LogP contribution in [0.25, 0.3) is 0 Å². The minimum absolute atomic E-state index is 0.548. The summed E-state index contributed by atoms with van der Waals surface area (Å²) >= 11 is 0. The zero-order valence-electron chi connectivity index (χ0n) is 13.8. The number of rotatable bonds is 8. The van der Waals surface area contributed by atoms with Crippen LogP contribution in [0.5, 0.6) is 0 Å². The van der Waals surface area contributed by atoms with Crippen molar-refractivity contribution < 1.29 is 0 Å². The molecule has 1 aromatic heterocycles. The fourth-order valence-electron chi connectivity index (χ4n) is 2.19. The van der Waals surface area contributed by atoms with Crippen LogP contribution in [0.3, 0.4) is 0 Å². The van der Waals surface area contributed by atoms with Crippen LogP contribution in [-0.2, 0) is 0 Å². The molecule has 1 aromatic carbocycles. The molecule has 2 rings (SSSR count). The lowest BCUT2D eigenvalue weighted by Crippen LogP contribution is -2.06. The van der Waals surface area contributed by atoms with Gasteiger partial charge in [0.05, 0.1) is 0 Å². The van der Waals surface area contributed by atoms with Crippen molar-refractivity contribution in [3.05, 3.63) is 42.1 Å². The lowest BCUT2D eigenvalue weighted by atomic mass is 10.0. The van der Waals surface area contributed by atoms with Gasteiger partial charge < -0.3 is 10.6 Å². The van der Waals surface area contributed by atoms with E-state index in [1.54, 1.807) is 6.20 Å². The zero-order valence-corrected chi connectivity index (χ0v) is 13.8. The molecule has 0 atom stereocenters. The van der Waals surface area contributed by atoms with Gasteiger partial charge in [0, 0.05) is 18.4 Å². The van der Waals surface area contributed by atoms with Crippen molar-refractivity contribution in [1.82, 2.24) is 9.97 Å². The Bertz CT molecular complexity index is 564.